The summed E-state index contributed by atoms with van der Waals surface area (Å²) in [6.07, 6.45) is -0.129. The minimum absolute atomic E-state index is 0.00733. The topological polar surface area (TPSA) is 49.8 Å². The van der Waals surface area contributed by atoms with Crippen LogP contribution in [-0.4, -0.2) is 42.2 Å². The molecule has 6 heteroatoms. The maximum atomic E-state index is 10.7. The maximum Gasteiger partial charge on any atom is 0.317 e. The van der Waals surface area contributed by atoms with Crippen molar-refractivity contribution >= 4 is 29.3 Å². The van der Waals surface area contributed by atoms with Gasteiger partial charge in [0.2, 0.25) is 0 Å². The van der Waals surface area contributed by atoms with Crippen LogP contribution in [0.5, 0.6) is 5.75 Å². The van der Waals surface area contributed by atoms with Gasteiger partial charge in [-0.05, 0) is 44.3 Å². The van der Waals surface area contributed by atoms with E-state index in [-0.39, 0.29) is 12.6 Å². The summed E-state index contributed by atoms with van der Waals surface area (Å²) in [5.41, 5.74) is 0. The van der Waals surface area contributed by atoms with E-state index in [4.69, 9.17) is 21.4 Å². The highest BCUT2D eigenvalue weighted by atomic mass is 35.5. The predicted octanol–water partition coefficient (Wildman–Crippen LogP) is 4.27. The fraction of sp³-hybridized carbons (Fsp3) is 0.278. The van der Waals surface area contributed by atoms with Gasteiger partial charge in [0.25, 0.3) is 0 Å². The Morgan fingerprint density at radius 3 is 2.75 bits per heavy atom. The number of aliphatic carboxylic acids is 1. The average molecular weight is 366 g/mol. The summed E-state index contributed by atoms with van der Waals surface area (Å²) in [7, 11) is 1.76. The highest BCUT2D eigenvalue weighted by Gasteiger charge is 2.13. The standard InChI is InChI=1S/C18H20ClNO3S/c1-13(11-20(2)12-18(21)22)23-16-8-3-4-9-17(16)24-15-7-5-6-14(19)10-15/h3-10,13H,11-12H2,1-2H3,(H,21,22). The van der Waals surface area contributed by atoms with Gasteiger partial charge in [-0.1, -0.05) is 41.6 Å². The Hall–Kier alpha value is -1.69. The first-order valence-electron chi connectivity index (χ1n) is 7.53. The normalized spacial score (nSPS) is 12.2. The molecule has 0 radical (unpaired) electrons. The molecule has 0 bridgehead atoms. The lowest BCUT2D eigenvalue weighted by molar-refractivity contribution is -0.138. The lowest BCUT2D eigenvalue weighted by Crippen LogP contribution is -2.34. The second-order valence-corrected chi connectivity index (χ2v) is 7.08. The first-order chi connectivity index (χ1) is 11.4. The zero-order chi connectivity index (χ0) is 17.5. The summed E-state index contributed by atoms with van der Waals surface area (Å²) < 4.78 is 6.01. The van der Waals surface area contributed by atoms with Crippen molar-refractivity contribution in [2.75, 3.05) is 20.1 Å². The van der Waals surface area contributed by atoms with E-state index in [0.29, 0.717) is 11.6 Å². The van der Waals surface area contributed by atoms with Crippen molar-refractivity contribution in [3.63, 3.8) is 0 Å². The number of halogens is 1. The first kappa shape index (κ1) is 18.6. The van der Waals surface area contributed by atoms with Crippen molar-refractivity contribution in [2.24, 2.45) is 0 Å². The third-order valence-corrected chi connectivity index (χ3v) is 4.46. The Bertz CT molecular complexity index is 695. The number of para-hydroxylation sites is 1. The molecule has 0 aliphatic heterocycles. The molecule has 0 aliphatic rings. The van der Waals surface area contributed by atoms with E-state index < -0.39 is 5.97 Å². The molecule has 0 amide bonds. The van der Waals surface area contributed by atoms with E-state index in [1.165, 1.54) is 0 Å². The molecule has 0 spiro atoms. The summed E-state index contributed by atoms with van der Waals surface area (Å²) in [6.45, 7) is 2.45. The molecule has 1 unspecified atom stereocenters. The van der Waals surface area contributed by atoms with Crippen LogP contribution in [0, 0.1) is 0 Å². The van der Waals surface area contributed by atoms with Crippen molar-refractivity contribution in [3.05, 3.63) is 53.6 Å². The van der Waals surface area contributed by atoms with E-state index in [1.54, 1.807) is 23.7 Å². The second kappa shape index (κ2) is 8.97. The van der Waals surface area contributed by atoms with Crippen molar-refractivity contribution < 1.29 is 14.6 Å². The fourth-order valence-corrected chi connectivity index (χ4v) is 3.48. The van der Waals surface area contributed by atoms with Gasteiger partial charge >= 0.3 is 5.97 Å². The van der Waals surface area contributed by atoms with Crippen molar-refractivity contribution in [3.8, 4) is 5.75 Å². The second-order valence-electron chi connectivity index (χ2n) is 5.53. The van der Waals surface area contributed by atoms with E-state index in [2.05, 4.69) is 0 Å². The van der Waals surface area contributed by atoms with Gasteiger partial charge in [0.1, 0.15) is 11.9 Å². The van der Waals surface area contributed by atoms with E-state index in [9.17, 15) is 4.79 Å². The first-order valence-corrected chi connectivity index (χ1v) is 8.73. The van der Waals surface area contributed by atoms with Crippen LogP contribution >= 0.6 is 23.4 Å². The number of ether oxygens (including phenoxy) is 1. The Kier molecular flexibility index (Phi) is 6.97. The molecule has 4 nitrogen and oxygen atoms in total. The Labute approximate surface area is 151 Å². The van der Waals surface area contributed by atoms with Crippen LogP contribution in [-0.2, 0) is 4.79 Å². The van der Waals surface area contributed by atoms with Crippen molar-refractivity contribution in [2.45, 2.75) is 22.8 Å². The minimum atomic E-state index is -0.846. The zero-order valence-electron chi connectivity index (χ0n) is 13.6. The molecule has 0 fully saturated rings. The molecule has 0 aliphatic carbocycles. The lowest BCUT2D eigenvalue weighted by atomic mass is 10.3. The molecule has 2 aromatic rings. The van der Waals surface area contributed by atoms with E-state index in [1.807, 2.05) is 55.5 Å². The molecule has 24 heavy (non-hydrogen) atoms. The summed E-state index contributed by atoms with van der Waals surface area (Å²) in [4.78, 5) is 14.5. The van der Waals surface area contributed by atoms with Gasteiger partial charge in [-0.25, -0.2) is 0 Å². The third kappa shape index (κ3) is 6.07. The largest absolute Gasteiger partial charge is 0.488 e. The molecule has 0 aromatic heterocycles. The quantitative estimate of drug-likeness (QED) is 0.756. The molecular weight excluding hydrogens is 346 g/mol. The smallest absolute Gasteiger partial charge is 0.317 e. The Morgan fingerprint density at radius 2 is 2.04 bits per heavy atom. The third-order valence-electron chi connectivity index (χ3n) is 3.18. The van der Waals surface area contributed by atoms with Gasteiger partial charge in [-0.3, -0.25) is 9.69 Å². The molecule has 1 N–H and O–H groups in total. The van der Waals surface area contributed by atoms with Crippen LogP contribution in [0.3, 0.4) is 0 Å². The SMILES string of the molecule is CC(CN(C)CC(=O)O)Oc1ccccc1Sc1cccc(Cl)c1. The Balaban J connectivity index is 2.04. The highest BCUT2D eigenvalue weighted by molar-refractivity contribution is 7.99. The predicted molar refractivity (Wildman–Crippen MR) is 97.2 cm³/mol. The lowest BCUT2D eigenvalue weighted by Gasteiger charge is -2.22. The molecule has 1 atom stereocenters. The summed E-state index contributed by atoms with van der Waals surface area (Å²) in [5, 5.41) is 9.52. The van der Waals surface area contributed by atoms with Gasteiger partial charge in [-0.15, -0.1) is 0 Å². The van der Waals surface area contributed by atoms with Crippen molar-refractivity contribution in [1.29, 1.82) is 0 Å². The molecule has 0 heterocycles. The van der Waals surface area contributed by atoms with Gasteiger partial charge in [0, 0.05) is 16.5 Å². The fourth-order valence-electron chi connectivity index (χ4n) is 2.28. The number of likely N-dealkylation sites (N-methyl/N-ethyl adjacent to an activating group) is 1. The maximum absolute atomic E-state index is 10.7. The molecule has 2 rings (SSSR count). The highest BCUT2D eigenvalue weighted by Crippen LogP contribution is 2.36. The molecule has 0 saturated carbocycles. The summed E-state index contributed by atoms with van der Waals surface area (Å²) in [6, 6.07) is 15.5. The summed E-state index contributed by atoms with van der Waals surface area (Å²) in [5.74, 6) is -0.0692. The van der Waals surface area contributed by atoms with E-state index >= 15 is 0 Å². The van der Waals surface area contributed by atoms with Gasteiger partial charge in [-0.2, -0.15) is 0 Å². The molecule has 128 valence electrons. The minimum Gasteiger partial charge on any atom is -0.488 e. The van der Waals surface area contributed by atoms with Crippen LogP contribution in [0.1, 0.15) is 6.92 Å². The van der Waals surface area contributed by atoms with Crippen LogP contribution in [0.2, 0.25) is 5.02 Å². The molecule has 0 saturated heterocycles. The van der Waals surface area contributed by atoms with Gasteiger partial charge < -0.3 is 9.84 Å². The summed E-state index contributed by atoms with van der Waals surface area (Å²) >= 11 is 7.62. The van der Waals surface area contributed by atoms with Gasteiger partial charge in [0.05, 0.1) is 11.4 Å². The number of hydrogen-bond acceptors (Lipinski definition) is 4. The number of carboxylic acid groups (broad SMARTS) is 1. The van der Waals surface area contributed by atoms with Crippen LogP contribution in [0.25, 0.3) is 0 Å². The number of carbonyl (C=O) groups is 1. The Morgan fingerprint density at radius 1 is 1.29 bits per heavy atom. The zero-order valence-corrected chi connectivity index (χ0v) is 15.2. The number of nitrogens with zero attached hydrogens (tertiary/aromatic N) is 1. The monoisotopic (exact) mass is 365 g/mol. The van der Waals surface area contributed by atoms with Crippen LogP contribution in [0.4, 0.5) is 0 Å². The van der Waals surface area contributed by atoms with Crippen LogP contribution < -0.4 is 4.74 Å². The average Bonchev–Trinajstić information content (AvgIpc) is 2.48. The van der Waals surface area contributed by atoms with Gasteiger partial charge in [0.15, 0.2) is 0 Å². The number of benzene rings is 2. The molecule has 2 aromatic carbocycles. The number of carboxylic acids is 1. The van der Waals surface area contributed by atoms with E-state index in [0.717, 1.165) is 15.5 Å². The molecular formula is C18H20ClNO3S. The number of rotatable bonds is 8. The van der Waals surface area contributed by atoms with Crippen LogP contribution in [0.15, 0.2) is 58.3 Å². The van der Waals surface area contributed by atoms with Crippen molar-refractivity contribution in [1.82, 2.24) is 4.90 Å². The number of hydrogen-bond donors (Lipinski definition) is 1.